The summed E-state index contributed by atoms with van der Waals surface area (Å²) in [6, 6.07) is 7.85. The Kier molecular flexibility index (Phi) is 10.2. The number of amides is 2. The first kappa shape index (κ1) is 32.8. The van der Waals surface area contributed by atoms with Gasteiger partial charge in [0.15, 0.2) is 5.82 Å². The molecule has 14 nitrogen and oxygen atoms in total. The average Bonchev–Trinajstić information content (AvgIpc) is 3.58. The van der Waals surface area contributed by atoms with Crippen LogP contribution in [0.15, 0.2) is 53.0 Å². The van der Waals surface area contributed by atoms with Crippen LogP contribution < -0.4 is 10.6 Å². The monoisotopic (exact) mass is 645 g/mol. The highest BCUT2D eigenvalue weighted by molar-refractivity contribution is 7.85. The number of aromatic nitrogens is 4. The van der Waals surface area contributed by atoms with Crippen molar-refractivity contribution in [3.05, 3.63) is 59.4 Å². The molecule has 3 aromatic heterocycles. The Morgan fingerprint density at radius 1 is 1.09 bits per heavy atom. The molecule has 1 aromatic carbocycles. The van der Waals surface area contributed by atoms with Gasteiger partial charge in [-0.2, -0.15) is 13.5 Å². The molecule has 1 unspecified atom stereocenters. The van der Waals surface area contributed by atoms with E-state index in [1.165, 1.54) is 25.0 Å². The Balaban J connectivity index is 0.000000313. The molecule has 1 atom stereocenters. The molecule has 4 aromatic rings. The van der Waals surface area contributed by atoms with E-state index in [4.69, 9.17) is 14.6 Å². The molecule has 6 N–H and O–H groups in total. The summed E-state index contributed by atoms with van der Waals surface area (Å²) in [6.07, 6.45) is 6.15. The number of anilines is 1. The van der Waals surface area contributed by atoms with Crippen LogP contribution in [0.3, 0.4) is 0 Å². The summed E-state index contributed by atoms with van der Waals surface area (Å²) in [6.45, 7) is 4.94. The van der Waals surface area contributed by atoms with Gasteiger partial charge in [0, 0.05) is 42.8 Å². The highest BCUT2D eigenvalue weighted by Crippen LogP contribution is 2.34. The standard InChI is InChI=1S/C21H25N7O3S.C7H8O3S.H2O/c1-12(13-2-3-13)23-17-10-16(19(29)27-6-4-14(5-7-27)24-21(30)31)25-18(26-17)15-11-22-28-8-9-32-20(15)28;1-6-2-4-7(5-3-6)11(8,9)10;/h8-14,24H,2-7H2,1H3,(H,30,31)(H,23,25,26);2-5H,1H3,(H,8,9,10);1H2. The number of carbonyl (C=O) groups is 2. The predicted molar refractivity (Wildman–Crippen MR) is 165 cm³/mol. The summed E-state index contributed by atoms with van der Waals surface area (Å²) >= 11 is 1.55. The van der Waals surface area contributed by atoms with Crippen LogP contribution in [0, 0.1) is 12.8 Å². The number of nitrogens with zero attached hydrogens (tertiary/aromatic N) is 5. The topological polar surface area (TPSA) is 211 Å². The van der Waals surface area contributed by atoms with E-state index in [-0.39, 0.29) is 28.4 Å². The number of piperidine rings is 1. The second-order valence-corrected chi connectivity index (χ2v) is 13.1. The normalized spacial score (nSPS) is 15.9. The second-order valence-electron chi connectivity index (χ2n) is 10.7. The molecule has 1 saturated heterocycles. The van der Waals surface area contributed by atoms with Crippen LogP contribution >= 0.6 is 11.3 Å². The van der Waals surface area contributed by atoms with E-state index in [2.05, 4.69) is 27.6 Å². The molecule has 4 heterocycles. The van der Waals surface area contributed by atoms with E-state index in [1.54, 1.807) is 45.1 Å². The molecule has 2 fully saturated rings. The third-order valence-electron chi connectivity index (χ3n) is 7.45. The van der Waals surface area contributed by atoms with Gasteiger partial charge in [0.2, 0.25) is 0 Å². The van der Waals surface area contributed by atoms with Crippen molar-refractivity contribution in [3.63, 3.8) is 0 Å². The SMILES string of the molecule is CC(Nc1cc(C(=O)N2CCC(NC(=O)O)CC2)nc(-c2cnn3ccsc23)n1)C1CC1.Cc1ccc(S(=O)(=O)O)cc1.O. The highest BCUT2D eigenvalue weighted by atomic mass is 32.2. The summed E-state index contributed by atoms with van der Waals surface area (Å²) in [7, 11) is -4.02. The molecule has 0 spiro atoms. The lowest BCUT2D eigenvalue weighted by molar-refractivity contribution is 0.0700. The summed E-state index contributed by atoms with van der Waals surface area (Å²) in [4.78, 5) is 36.1. The maximum absolute atomic E-state index is 13.3. The molecule has 1 aliphatic carbocycles. The molecule has 16 heteroatoms. The van der Waals surface area contributed by atoms with Crippen LogP contribution in [0.25, 0.3) is 16.2 Å². The van der Waals surface area contributed by atoms with Gasteiger partial charge in [0.25, 0.3) is 16.0 Å². The van der Waals surface area contributed by atoms with Crippen molar-refractivity contribution in [2.45, 2.75) is 56.5 Å². The van der Waals surface area contributed by atoms with Crippen molar-refractivity contribution in [1.82, 2.24) is 29.8 Å². The Bertz CT molecular complexity index is 1710. The van der Waals surface area contributed by atoms with Gasteiger partial charge in [-0.1, -0.05) is 17.7 Å². The van der Waals surface area contributed by atoms with Crippen LogP contribution in [0.1, 0.15) is 48.7 Å². The molecule has 1 aliphatic heterocycles. The fraction of sp³-hybridized carbons (Fsp3) is 0.393. The zero-order chi connectivity index (χ0) is 30.7. The van der Waals surface area contributed by atoms with Crippen molar-refractivity contribution in [2.24, 2.45) is 5.92 Å². The number of aryl methyl sites for hydroxylation is 1. The minimum Gasteiger partial charge on any atom is -0.465 e. The Morgan fingerprint density at radius 3 is 2.39 bits per heavy atom. The fourth-order valence-corrected chi connectivity index (χ4v) is 6.12. The van der Waals surface area contributed by atoms with Gasteiger partial charge in [-0.05, 0) is 57.6 Å². The first-order valence-electron chi connectivity index (χ1n) is 13.9. The largest absolute Gasteiger partial charge is 0.465 e. The first-order valence-corrected chi connectivity index (χ1v) is 16.2. The number of carboxylic acid groups (broad SMARTS) is 1. The van der Waals surface area contributed by atoms with Gasteiger partial charge >= 0.3 is 6.09 Å². The molecule has 0 radical (unpaired) electrons. The van der Waals surface area contributed by atoms with Crippen molar-refractivity contribution in [2.75, 3.05) is 18.4 Å². The van der Waals surface area contributed by atoms with Gasteiger partial charge < -0.3 is 26.1 Å². The minimum atomic E-state index is -4.02. The molecule has 236 valence electrons. The number of rotatable bonds is 7. The number of hydrogen-bond acceptors (Lipinski definition) is 9. The van der Waals surface area contributed by atoms with E-state index in [0.717, 1.165) is 16.0 Å². The van der Waals surface area contributed by atoms with Crippen molar-refractivity contribution < 1.29 is 33.1 Å². The van der Waals surface area contributed by atoms with Crippen LogP contribution in [0.4, 0.5) is 10.6 Å². The summed E-state index contributed by atoms with van der Waals surface area (Å²) in [5, 5.41) is 21.2. The summed E-state index contributed by atoms with van der Waals surface area (Å²) in [5.74, 6) is 1.57. The van der Waals surface area contributed by atoms with Gasteiger partial charge in [-0.25, -0.2) is 19.3 Å². The number of thiazole rings is 1. The van der Waals surface area contributed by atoms with Crippen molar-refractivity contribution in [1.29, 1.82) is 0 Å². The molecule has 1 saturated carbocycles. The Labute approximate surface area is 258 Å². The van der Waals surface area contributed by atoms with E-state index < -0.39 is 16.2 Å². The molecular formula is C28H35N7O7S2. The fourth-order valence-electron chi connectivity index (χ4n) is 4.85. The summed E-state index contributed by atoms with van der Waals surface area (Å²) in [5.41, 5.74) is 2.08. The van der Waals surface area contributed by atoms with Gasteiger partial charge in [-0.3, -0.25) is 9.35 Å². The third kappa shape index (κ3) is 8.07. The Hall–Kier alpha value is -4.12. The number of benzene rings is 1. The predicted octanol–water partition coefficient (Wildman–Crippen LogP) is 3.35. The van der Waals surface area contributed by atoms with Gasteiger partial charge in [0.05, 0.1) is 16.7 Å². The number of hydrogen-bond donors (Lipinski definition) is 4. The maximum Gasteiger partial charge on any atom is 0.404 e. The summed E-state index contributed by atoms with van der Waals surface area (Å²) < 4.78 is 31.3. The van der Waals surface area contributed by atoms with Crippen molar-refractivity contribution >= 4 is 44.1 Å². The number of carbonyl (C=O) groups excluding carboxylic acids is 1. The molecular weight excluding hydrogens is 610 g/mol. The molecule has 44 heavy (non-hydrogen) atoms. The van der Waals surface area contributed by atoms with Gasteiger partial charge in [-0.15, -0.1) is 11.3 Å². The molecule has 2 amide bonds. The highest BCUT2D eigenvalue weighted by Gasteiger charge is 2.30. The smallest absolute Gasteiger partial charge is 0.404 e. The zero-order valence-corrected chi connectivity index (χ0v) is 25.8. The Morgan fingerprint density at radius 2 is 1.77 bits per heavy atom. The quantitative estimate of drug-likeness (QED) is 0.215. The second kappa shape index (κ2) is 13.7. The minimum absolute atomic E-state index is 0. The number of fused-ring (bicyclic) bond motifs is 1. The van der Waals surface area contributed by atoms with E-state index in [1.807, 2.05) is 18.5 Å². The molecule has 6 rings (SSSR count). The van der Waals surface area contributed by atoms with Crippen LogP contribution in [-0.4, -0.2) is 85.2 Å². The van der Waals surface area contributed by atoms with Crippen molar-refractivity contribution in [3.8, 4) is 11.4 Å². The maximum atomic E-state index is 13.3. The lowest BCUT2D eigenvalue weighted by atomic mass is 10.0. The van der Waals surface area contributed by atoms with E-state index in [9.17, 15) is 18.0 Å². The first-order chi connectivity index (χ1) is 20.5. The van der Waals surface area contributed by atoms with E-state index in [0.29, 0.717) is 49.2 Å². The molecule has 2 aliphatic rings. The molecule has 0 bridgehead atoms. The van der Waals surface area contributed by atoms with Crippen LogP contribution in [0.5, 0.6) is 0 Å². The number of nitrogens with one attached hydrogen (secondary N) is 2. The lowest BCUT2D eigenvalue weighted by Gasteiger charge is -2.31. The average molecular weight is 646 g/mol. The lowest BCUT2D eigenvalue weighted by Crippen LogP contribution is -2.46. The van der Waals surface area contributed by atoms with Crippen LogP contribution in [0.2, 0.25) is 0 Å². The number of likely N-dealkylation sites (tertiary alicyclic amines) is 1. The third-order valence-corrected chi connectivity index (χ3v) is 9.21. The van der Waals surface area contributed by atoms with E-state index >= 15 is 0 Å². The zero-order valence-electron chi connectivity index (χ0n) is 24.2. The van der Waals surface area contributed by atoms with Gasteiger partial charge in [0.1, 0.15) is 16.3 Å². The van der Waals surface area contributed by atoms with Crippen LogP contribution in [-0.2, 0) is 10.1 Å².